The molecular weight excluding hydrogens is 292 g/mol. The van der Waals surface area contributed by atoms with Crippen LogP contribution in [-0.2, 0) is 4.79 Å². The quantitative estimate of drug-likeness (QED) is 0.721. The maximum atomic E-state index is 11.4. The summed E-state index contributed by atoms with van der Waals surface area (Å²) in [6.45, 7) is 0.398. The molecule has 6 nitrogen and oxygen atoms in total. The number of aliphatic hydroxyl groups is 1. The molecule has 1 saturated heterocycles. The number of carbonyl (C=O) groups excluding carboxylic acids is 1. The SMILES string of the molecule is O=C[C@@H]1C[C@@H](O)CN1c1nc(-c2ccccc2)nc2[nH]ccc12. The number of β-amino-alcohol motifs (C(OH)–C–C–N with tert-alkyl or cyclic N) is 1. The second-order valence-corrected chi connectivity index (χ2v) is 5.72. The number of benzene rings is 1. The van der Waals surface area contributed by atoms with Crippen molar-refractivity contribution in [2.45, 2.75) is 18.6 Å². The van der Waals surface area contributed by atoms with Gasteiger partial charge in [0.1, 0.15) is 17.8 Å². The number of aliphatic hydroxyl groups excluding tert-OH is 1. The van der Waals surface area contributed by atoms with Crippen molar-refractivity contribution in [2.75, 3.05) is 11.4 Å². The van der Waals surface area contributed by atoms with Crippen LogP contribution in [0.25, 0.3) is 22.4 Å². The van der Waals surface area contributed by atoms with E-state index in [2.05, 4.69) is 15.0 Å². The van der Waals surface area contributed by atoms with Crippen LogP contribution in [0.15, 0.2) is 42.6 Å². The fourth-order valence-electron chi connectivity index (χ4n) is 3.08. The van der Waals surface area contributed by atoms with E-state index in [4.69, 9.17) is 0 Å². The minimum absolute atomic E-state index is 0.360. The summed E-state index contributed by atoms with van der Waals surface area (Å²) in [7, 11) is 0. The van der Waals surface area contributed by atoms with Crippen molar-refractivity contribution >= 4 is 23.1 Å². The van der Waals surface area contributed by atoms with Crippen LogP contribution in [0.4, 0.5) is 5.82 Å². The molecule has 6 heteroatoms. The van der Waals surface area contributed by atoms with Crippen LogP contribution in [0.5, 0.6) is 0 Å². The first-order valence-corrected chi connectivity index (χ1v) is 7.57. The average molecular weight is 308 g/mol. The van der Waals surface area contributed by atoms with E-state index in [-0.39, 0.29) is 6.04 Å². The third kappa shape index (κ3) is 2.37. The van der Waals surface area contributed by atoms with Gasteiger partial charge in [-0.05, 0) is 6.07 Å². The molecule has 0 spiro atoms. The number of fused-ring (bicyclic) bond motifs is 1. The highest BCUT2D eigenvalue weighted by molar-refractivity contribution is 5.90. The van der Waals surface area contributed by atoms with Crippen LogP contribution >= 0.6 is 0 Å². The Kier molecular flexibility index (Phi) is 3.31. The highest BCUT2D eigenvalue weighted by Crippen LogP contribution is 2.31. The first-order valence-electron chi connectivity index (χ1n) is 7.57. The molecule has 2 aromatic heterocycles. The van der Waals surface area contributed by atoms with Gasteiger partial charge in [-0.2, -0.15) is 0 Å². The first kappa shape index (κ1) is 13.9. The van der Waals surface area contributed by atoms with Gasteiger partial charge in [-0.1, -0.05) is 30.3 Å². The Morgan fingerprint density at radius 3 is 2.83 bits per heavy atom. The standard InChI is InChI=1S/C17H16N4O2/c22-10-12-8-13(23)9-21(12)17-14-6-7-18-16(14)19-15(20-17)11-4-2-1-3-5-11/h1-7,10,12-13,23H,8-9H2,(H,18,19,20)/t12-,13+/m0/s1. The zero-order valence-corrected chi connectivity index (χ0v) is 12.4. The monoisotopic (exact) mass is 308 g/mol. The summed E-state index contributed by atoms with van der Waals surface area (Å²) >= 11 is 0. The maximum Gasteiger partial charge on any atom is 0.163 e. The number of hydrogen-bond acceptors (Lipinski definition) is 5. The Morgan fingerprint density at radius 2 is 2.04 bits per heavy atom. The van der Waals surface area contributed by atoms with E-state index in [1.54, 1.807) is 6.20 Å². The smallest absolute Gasteiger partial charge is 0.163 e. The van der Waals surface area contributed by atoms with Gasteiger partial charge in [-0.3, -0.25) is 0 Å². The molecule has 2 atom stereocenters. The number of aldehydes is 1. The molecule has 1 aliphatic heterocycles. The molecule has 3 heterocycles. The van der Waals surface area contributed by atoms with Crippen LogP contribution in [0.2, 0.25) is 0 Å². The summed E-state index contributed by atoms with van der Waals surface area (Å²) in [5.41, 5.74) is 1.63. The van der Waals surface area contributed by atoms with Gasteiger partial charge in [0.2, 0.25) is 0 Å². The molecule has 4 rings (SSSR count). The lowest BCUT2D eigenvalue weighted by Crippen LogP contribution is -2.31. The highest BCUT2D eigenvalue weighted by atomic mass is 16.3. The predicted molar refractivity (Wildman–Crippen MR) is 87.1 cm³/mol. The molecule has 0 radical (unpaired) electrons. The zero-order valence-electron chi connectivity index (χ0n) is 12.4. The Labute approximate surface area is 132 Å². The van der Waals surface area contributed by atoms with E-state index in [0.29, 0.717) is 24.6 Å². The number of rotatable bonds is 3. The van der Waals surface area contributed by atoms with Crippen molar-refractivity contribution in [2.24, 2.45) is 0 Å². The molecule has 2 N–H and O–H groups in total. The van der Waals surface area contributed by atoms with Gasteiger partial charge >= 0.3 is 0 Å². The molecule has 0 unspecified atom stereocenters. The highest BCUT2D eigenvalue weighted by Gasteiger charge is 2.33. The van der Waals surface area contributed by atoms with E-state index in [1.165, 1.54) is 0 Å². The summed E-state index contributed by atoms with van der Waals surface area (Å²) in [4.78, 5) is 25.6. The number of aromatic amines is 1. The Morgan fingerprint density at radius 1 is 1.22 bits per heavy atom. The molecule has 1 fully saturated rings. The van der Waals surface area contributed by atoms with Crippen molar-refractivity contribution in [3.8, 4) is 11.4 Å². The topological polar surface area (TPSA) is 82.1 Å². The van der Waals surface area contributed by atoms with E-state index in [9.17, 15) is 9.90 Å². The number of nitrogens with one attached hydrogen (secondary N) is 1. The lowest BCUT2D eigenvalue weighted by molar-refractivity contribution is -0.108. The van der Waals surface area contributed by atoms with E-state index >= 15 is 0 Å². The van der Waals surface area contributed by atoms with Gasteiger partial charge in [0.05, 0.1) is 17.5 Å². The number of anilines is 1. The Hall–Kier alpha value is -2.73. The minimum Gasteiger partial charge on any atom is -0.391 e. The van der Waals surface area contributed by atoms with Crippen LogP contribution in [0, 0.1) is 0 Å². The van der Waals surface area contributed by atoms with Crippen LogP contribution in [-0.4, -0.2) is 45.0 Å². The Bertz CT molecular complexity index is 846. The van der Waals surface area contributed by atoms with E-state index < -0.39 is 6.10 Å². The van der Waals surface area contributed by atoms with Gasteiger partial charge in [-0.25, -0.2) is 9.97 Å². The summed E-state index contributed by atoms with van der Waals surface area (Å²) in [6, 6.07) is 11.2. The fraction of sp³-hybridized carbons (Fsp3) is 0.235. The largest absolute Gasteiger partial charge is 0.391 e. The molecule has 0 aliphatic carbocycles. The number of aromatic nitrogens is 3. The molecule has 1 aliphatic rings. The molecule has 116 valence electrons. The molecular formula is C17H16N4O2. The third-order valence-corrected chi connectivity index (χ3v) is 4.18. The second kappa shape index (κ2) is 5.48. The normalized spacial score (nSPS) is 21.0. The molecule has 0 saturated carbocycles. The molecule has 3 aromatic rings. The number of hydrogen-bond donors (Lipinski definition) is 2. The molecule has 23 heavy (non-hydrogen) atoms. The zero-order chi connectivity index (χ0) is 15.8. The third-order valence-electron chi connectivity index (χ3n) is 4.18. The van der Waals surface area contributed by atoms with E-state index in [0.717, 1.165) is 22.9 Å². The van der Waals surface area contributed by atoms with Gasteiger partial charge < -0.3 is 19.8 Å². The lowest BCUT2D eigenvalue weighted by Gasteiger charge is -2.22. The number of H-pyrrole nitrogens is 1. The van der Waals surface area contributed by atoms with E-state index in [1.807, 2.05) is 41.3 Å². The summed E-state index contributed by atoms with van der Waals surface area (Å²) in [5, 5.41) is 10.8. The predicted octanol–water partition coefficient (Wildman–Crippen LogP) is 1.76. The van der Waals surface area contributed by atoms with Crippen molar-refractivity contribution in [3.05, 3.63) is 42.6 Å². The van der Waals surface area contributed by atoms with Gasteiger partial charge in [-0.15, -0.1) is 0 Å². The van der Waals surface area contributed by atoms with Crippen LogP contribution in [0.1, 0.15) is 6.42 Å². The first-order chi connectivity index (χ1) is 11.3. The summed E-state index contributed by atoms with van der Waals surface area (Å²) in [6.07, 6.45) is 2.59. The molecule has 0 amide bonds. The second-order valence-electron chi connectivity index (χ2n) is 5.72. The van der Waals surface area contributed by atoms with Gasteiger partial charge in [0.25, 0.3) is 0 Å². The number of nitrogens with zero attached hydrogens (tertiary/aromatic N) is 3. The van der Waals surface area contributed by atoms with Gasteiger partial charge in [0.15, 0.2) is 5.82 Å². The molecule has 0 bridgehead atoms. The van der Waals surface area contributed by atoms with Crippen LogP contribution in [0.3, 0.4) is 0 Å². The summed E-state index contributed by atoms with van der Waals surface area (Å²) < 4.78 is 0. The maximum absolute atomic E-state index is 11.4. The average Bonchev–Trinajstić information content (AvgIpc) is 3.20. The fourth-order valence-corrected chi connectivity index (χ4v) is 3.08. The number of carbonyl (C=O) groups is 1. The van der Waals surface area contributed by atoms with Crippen molar-refractivity contribution < 1.29 is 9.90 Å². The lowest BCUT2D eigenvalue weighted by atomic mass is 10.2. The van der Waals surface area contributed by atoms with Gasteiger partial charge in [0, 0.05) is 24.7 Å². The summed E-state index contributed by atoms with van der Waals surface area (Å²) in [5.74, 6) is 1.28. The van der Waals surface area contributed by atoms with Crippen molar-refractivity contribution in [1.29, 1.82) is 0 Å². The van der Waals surface area contributed by atoms with Crippen molar-refractivity contribution in [1.82, 2.24) is 15.0 Å². The van der Waals surface area contributed by atoms with Crippen molar-refractivity contribution in [3.63, 3.8) is 0 Å². The molecule has 1 aromatic carbocycles. The minimum atomic E-state index is -0.519. The van der Waals surface area contributed by atoms with Crippen LogP contribution < -0.4 is 4.90 Å². The Balaban J connectivity index is 1.88.